The smallest absolute Gasteiger partial charge is 0.263 e. The van der Waals surface area contributed by atoms with Crippen molar-refractivity contribution in [3.63, 3.8) is 0 Å². The van der Waals surface area contributed by atoms with Crippen molar-refractivity contribution < 1.29 is 9.53 Å². The lowest BCUT2D eigenvalue weighted by Gasteiger charge is -2.24. The molecule has 20 heavy (non-hydrogen) atoms. The Hall–Kier alpha value is -1.51. The third-order valence-corrected chi connectivity index (χ3v) is 4.06. The highest BCUT2D eigenvalue weighted by molar-refractivity contribution is 5.80. The summed E-state index contributed by atoms with van der Waals surface area (Å²) in [6.45, 7) is 7.28. The van der Waals surface area contributed by atoms with Crippen LogP contribution in [0.4, 0.5) is 0 Å². The van der Waals surface area contributed by atoms with Crippen LogP contribution in [0.25, 0.3) is 0 Å². The van der Waals surface area contributed by atoms with Gasteiger partial charge >= 0.3 is 0 Å². The second kappa shape index (κ2) is 6.78. The molecule has 2 rings (SSSR count). The Balaban J connectivity index is 2.04. The highest BCUT2D eigenvalue weighted by atomic mass is 16.5. The van der Waals surface area contributed by atoms with Gasteiger partial charge in [-0.15, -0.1) is 0 Å². The van der Waals surface area contributed by atoms with Crippen molar-refractivity contribution in [2.75, 3.05) is 13.1 Å². The first-order chi connectivity index (χ1) is 9.65. The topological polar surface area (TPSA) is 29.5 Å². The number of hydrogen-bond donors (Lipinski definition) is 0. The molecule has 110 valence electrons. The molecule has 0 saturated heterocycles. The van der Waals surface area contributed by atoms with Crippen molar-refractivity contribution in [2.24, 2.45) is 0 Å². The maximum Gasteiger partial charge on any atom is 0.263 e. The van der Waals surface area contributed by atoms with Crippen molar-refractivity contribution in [1.82, 2.24) is 4.90 Å². The molecular weight excluding hydrogens is 250 g/mol. The summed E-state index contributed by atoms with van der Waals surface area (Å²) in [6, 6.07) is 6.26. The van der Waals surface area contributed by atoms with E-state index in [0.29, 0.717) is 0 Å². The predicted octanol–water partition coefficient (Wildman–Crippen LogP) is 3.20. The molecule has 0 fully saturated rings. The summed E-state index contributed by atoms with van der Waals surface area (Å²) in [5.41, 5.74) is 2.82. The second-order valence-electron chi connectivity index (χ2n) is 5.41. The van der Waals surface area contributed by atoms with Gasteiger partial charge in [-0.05, 0) is 69.7 Å². The lowest BCUT2D eigenvalue weighted by Crippen LogP contribution is -2.40. The fourth-order valence-electron chi connectivity index (χ4n) is 2.83. The summed E-state index contributed by atoms with van der Waals surface area (Å²) in [7, 11) is 0. The number of aryl methyl sites for hydroxylation is 2. The number of ether oxygens (including phenoxy) is 1. The van der Waals surface area contributed by atoms with Crippen LogP contribution in [0.3, 0.4) is 0 Å². The van der Waals surface area contributed by atoms with Gasteiger partial charge in [0.25, 0.3) is 5.91 Å². The SMILES string of the molecule is CCN(CC)C(=O)[C@H](C)Oc1ccc2c(c1)CCCC2. The van der Waals surface area contributed by atoms with E-state index in [-0.39, 0.29) is 5.91 Å². The van der Waals surface area contributed by atoms with E-state index in [1.54, 1.807) is 0 Å². The Morgan fingerprint density at radius 3 is 2.50 bits per heavy atom. The van der Waals surface area contributed by atoms with Gasteiger partial charge in [0.15, 0.2) is 6.10 Å². The van der Waals surface area contributed by atoms with Crippen LogP contribution >= 0.6 is 0 Å². The maximum atomic E-state index is 12.2. The summed E-state index contributed by atoms with van der Waals surface area (Å²) >= 11 is 0. The average molecular weight is 275 g/mol. The van der Waals surface area contributed by atoms with Gasteiger partial charge in [0.05, 0.1) is 0 Å². The molecule has 3 heteroatoms. The normalized spacial score (nSPS) is 15.3. The molecule has 0 heterocycles. The summed E-state index contributed by atoms with van der Waals surface area (Å²) in [5, 5.41) is 0. The van der Waals surface area contributed by atoms with E-state index in [4.69, 9.17) is 4.74 Å². The number of carbonyl (C=O) groups excluding carboxylic acids is 1. The molecule has 0 bridgehead atoms. The molecule has 1 aliphatic carbocycles. The monoisotopic (exact) mass is 275 g/mol. The highest BCUT2D eigenvalue weighted by Gasteiger charge is 2.20. The minimum absolute atomic E-state index is 0.0627. The van der Waals surface area contributed by atoms with Crippen LogP contribution < -0.4 is 4.74 Å². The first-order valence-corrected chi connectivity index (χ1v) is 7.73. The Bertz CT molecular complexity index is 466. The van der Waals surface area contributed by atoms with E-state index in [2.05, 4.69) is 12.1 Å². The van der Waals surface area contributed by atoms with Crippen molar-refractivity contribution in [3.05, 3.63) is 29.3 Å². The number of nitrogens with zero attached hydrogens (tertiary/aromatic N) is 1. The van der Waals surface area contributed by atoms with E-state index < -0.39 is 6.10 Å². The molecule has 1 aromatic carbocycles. The van der Waals surface area contributed by atoms with Crippen LogP contribution in [0.5, 0.6) is 5.75 Å². The number of likely N-dealkylation sites (N-methyl/N-ethyl adjacent to an activating group) is 1. The zero-order valence-electron chi connectivity index (χ0n) is 12.8. The lowest BCUT2D eigenvalue weighted by atomic mass is 9.92. The van der Waals surface area contributed by atoms with E-state index in [9.17, 15) is 4.79 Å². The fraction of sp³-hybridized carbons (Fsp3) is 0.588. The predicted molar refractivity (Wildman–Crippen MR) is 81.1 cm³/mol. The van der Waals surface area contributed by atoms with Crippen molar-refractivity contribution in [3.8, 4) is 5.75 Å². The molecule has 1 atom stereocenters. The molecule has 1 aliphatic rings. The molecule has 0 spiro atoms. The van der Waals surface area contributed by atoms with Crippen LogP contribution in [0, 0.1) is 0 Å². The Kier molecular flexibility index (Phi) is 5.05. The Morgan fingerprint density at radius 1 is 1.20 bits per heavy atom. The highest BCUT2D eigenvalue weighted by Crippen LogP contribution is 2.26. The molecule has 1 aromatic rings. The minimum atomic E-state index is -0.420. The summed E-state index contributed by atoms with van der Waals surface area (Å²) in [4.78, 5) is 14.0. The molecule has 0 N–H and O–H groups in total. The third kappa shape index (κ3) is 3.33. The number of carbonyl (C=O) groups is 1. The van der Waals surface area contributed by atoms with Crippen molar-refractivity contribution >= 4 is 5.91 Å². The average Bonchev–Trinajstić information content (AvgIpc) is 2.48. The van der Waals surface area contributed by atoms with Crippen LogP contribution in [0.1, 0.15) is 44.7 Å². The fourth-order valence-corrected chi connectivity index (χ4v) is 2.83. The van der Waals surface area contributed by atoms with E-state index in [1.165, 1.54) is 30.4 Å². The van der Waals surface area contributed by atoms with Gasteiger partial charge < -0.3 is 9.64 Å². The van der Waals surface area contributed by atoms with Gasteiger partial charge in [-0.1, -0.05) is 6.07 Å². The number of amides is 1. The molecule has 0 aromatic heterocycles. The quantitative estimate of drug-likeness (QED) is 0.826. The van der Waals surface area contributed by atoms with Crippen LogP contribution in [0.2, 0.25) is 0 Å². The number of fused-ring (bicyclic) bond motifs is 1. The largest absolute Gasteiger partial charge is 0.481 e. The van der Waals surface area contributed by atoms with Gasteiger partial charge in [-0.3, -0.25) is 4.79 Å². The van der Waals surface area contributed by atoms with Gasteiger partial charge in [0.1, 0.15) is 5.75 Å². The molecule has 0 saturated carbocycles. The van der Waals surface area contributed by atoms with Crippen LogP contribution in [0.15, 0.2) is 18.2 Å². The summed E-state index contributed by atoms with van der Waals surface area (Å²) < 4.78 is 5.84. The second-order valence-corrected chi connectivity index (χ2v) is 5.41. The maximum absolute atomic E-state index is 12.2. The molecule has 1 amide bonds. The third-order valence-electron chi connectivity index (χ3n) is 4.06. The molecule has 0 radical (unpaired) electrons. The van der Waals surface area contributed by atoms with E-state index in [1.807, 2.05) is 31.7 Å². The molecule has 0 unspecified atom stereocenters. The molecular formula is C17H25NO2. The van der Waals surface area contributed by atoms with Gasteiger partial charge in [0, 0.05) is 13.1 Å². The summed E-state index contributed by atoms with van der Waals surface area (Å²) in [5.74, 6) is 0.881. The van der Waals surface area contributed by atoms with E-state index in [0.717, 1.165) is 25.3 Å². The first-order valence-electron chi connectivity index (χ1n) is 7.73. The van der Waals surface area contributed by atoms with Crippen LogP contribution in [-0.4, -0.2) is 30.0 Å². The number of hydrogen-bond acceptors (Lipinski definition) is 2. The number of benzene rings is 1. The van der Waals surface area contributed by atoms with Gasteiger partial charge in [0.2, 0.25) is 0 Å². The Morgan fingerprint density at radius 2 is 1.85 bits per heavy atom. The van der Waals surface area contributed by atoms with Crippen LogP contribution in [-0.2, 0) is 17.6 Å². The Labute approximate surface area is 121 Å². The summed E-state index contributed by atoms with van der Waals surface area (Å²) in [6.07, 6.45) is 4.42. The van der Waals surface area contributed by atoms with Crippen molar-refractivity contribution in [2.45, 2.75) is 52.6 Å². The number of rotatable bonds is 5. The van der Waals surface area contributed by atoms with Crippen molar-refractivity contribution in [1.29, 1.82) is 0 Å². The zero-order valence-corrected chi connectivity index (χ0v) is 12.8. The van der Waals surface area contributed by atoms with Gasteiger partial charge in [-0.25, -0.2) is 0 Å². The van der Waals surface area contributed by atoms with E-state index >= 15 is 0 Å². The molecule has 0 aliphatic heterocycles. The lowest BCUT2D eigenvalue weighted by molar-refractivity contribution is -0.137. The minimum Gasteiger partial charge on any atom is -0.481 e. The molecule has 3 nitrogen and oxygen atoms in total. The first kappa shape index (κ1) is 14.9. The zero-order chi connectivity index (χ0) is 14.5. The van der Waals surface area contributed by atoms with Gasteiger partial charge in [-0.2, -0.15) is 0 Å². The standard InChI is InChI=1S/C17H25NO2/c1-4-18(5-2)17(19)13(3)20-16-11-10-14-8-6-7-9-15(14)12-16/h10-13H,4-9H2,1-3H3/t13-/m0/s1.